The van der Waals surface area contributed by atoms with Crippen LogP contribution >= 0.6 is 0 Å². The maximum Gasteiger partial charge on any atom is 0.311 e. The summed E-state index contributed by atoms with van der Waals surface area (Å²) in [5.74, 6) is 0.154. The van der Waals surface area contributed by atoms with Crippen LogP contribution in [0.4, 0.5) is 0 Å². The molecular weight excluding hydrogens is 312 g/mol. The molecule has 0 aromatic heterocycles. The lowest BCUT2D eigenvalue weighted by molar-refractivity contribution is -0.138. The number of hydrogen-bond acceptors (Lipinski definition) is 2. The highest BCUT2D eigenvalue weighted by Gasteiger charge is 2.20. The monoisotopic (exact) mass is 332 g/mol. The lowest BCUT2D eigenvalue weighted by Gasteiger charge is -2.13. The van der Waals surface area contributed by atoms with Crippen molar-refractivity contribution in [3.8, 4) is 11.5 Å². The smallest absolute Gasteiger partial charge is 0.311 e. The van der Waals surface area contributed by atoms with Crippen molar-refractivity contribution in [2.24, 2.45) is 0 Å². The first-order valence-corrected chi connectivity index (χ1v) is 8.23. The zero-order chi connectivity index (χ0) is 17.6. The van der Waals surface area contributed by atoms with E-state index in [0.29, 0.717) is 6.42 Å². The van der Waals surface area contributed by atoms with Crippen molar-refractivity contribution < 1.29 is 14.6 Å². The summed E-state index contributed by atoms with van der Waals surface area (Å²) in [4.78, 5) is 11.6. The van der Waals surface area contributed by atoms with Gasteiger partial charge in [0.25, 0.3) is 0 Å². The molecule has 1 N–H and O–H groups in total. The van der Waals surface area contributed by atoms with Gasteiger partial charge in [-0.1, -0.05) is 60.2 Å². The number of carboxylic acids is 1. The average molecular weight is 332 g/mol. The molecule has 25 heavy (non-hydrogen) atoms. The second-order valence-electron chi connectivity index (χ2n) is 6.06. The first-order valence-electron chi connectivity index (χ1n) is 8.23. The van der Waals surface area contributed by atoms with Crippen LogP contribution in [0.2, 0.25) is 0 Å². The Morgan fingerprint density at radius 2 is 1.44 bits per heavy atom. The van der Waals surface area contributed by atoms with E-state index in [1.54, 1.807) is 0 Å². The number of aryl methyl sites for hydroxylation is 1. The Morgan fingerprint density at radius 1 is 0.880 bits per heavy atom. The van der Waals surface area contributed by atoms with Gasteiger partial charge in [0.15, 0.2) is 0 Å². The molecule has 3 heteroatoms. The van der Waals surface area contributed by atoms with Crippen LogP contribution in [-0.4, -0.2) is 11.1 Å². The van der Waals surface area contributed by atoms with Gasteiger partial charge in [0, 0.05) is 0 Å². The molecule has 3 aromatic rings. The van der Waals surface area contributed by atoms with E-state index in [1.165, 1.54) is 5.56 Å². The van der Waals surface area contributed by atoms with Crippen molar-refractivity contribution in [1.82, 2.24) is 0 Å². The SMILES string of the molecule is Cc1ccc(Oc2ccc(CC(C(=O)O)c3ccccc3)cc2)cc1. The molecule has 3 rings (SSSR count). The molecule has 0 radical (unpaired) electrons. The molecule has 3 aromatic carbocycles. The van der Waals surface area contributed by atoms with Crippen LogP contribution < -0.4 is 4.74 Å². The summed E-state index contributed by atoms with van der Waals surface area (Å²) >= 11 is 0. The summed E-state index contributed by atoms with van der Waals surface area (Å²) in [5.41, 5.74) is 2.96. The molecule has 0 aliphatic heterocycles. The van der Waals surface area contributed by atoms with Gasteiger partial charge in [-0.15, -0.1) is 0 Å². The van der Waals surface area contributed by atoms with Crippen molar-refractivity contribution in [2.45, 2.75) is 19.3 Å². The van der Waals surface area contributed by atoms with Gasteiger partial charge in [0.05, 0.1) is 5.92 Å². The molecule has 1 unspecified atom stereocenters. The first-order chi connectivity index (χ1) is 12.1. The predicted molar refractivity (Wildman–Crippen MR) is 98.2 cm³/mol. The fraction of sp³-hybridized carbons (Fsp3) is 0.136. The number of benzene rings is 3. The van der Waals surface area contributed by atoms with Crippen LogP contribution in [0.15, 0.2) is 78.9 Å². The minimum atomic E-state index is -0.814. The van der Waals surface area contributed by atoms with Crippen LogP contribution in [0, 0.1) is 6.92 Å². The summed E-state index contributed by atoms with van der Waals surface area (Å²) in [5, 5.41) is 9.54. The quantitative estimate of drug-likeness (QED) is 0.675. The molecule has 0 aliphatic carbocycles. The second kappa shape index (κ2) is 7.67. The van der Waals surface area contributed by atoms with E-state index in [-0.39, 0.29) is 0 Å². The number of hydrogen-bond donors (Lipinski definition) is 1. The summed E-state index contributed by atoms with van der Waals surface area (Å²) in [7, 11) is 0. The number of rotatable bonds is 6. The Labute approximate surface area is 147 Å². The van der Waals surface area contributed by atoms with Crippen LogP contribution in [0.3, 0.4) is 0 Å². The van der Waals surface area contributed by atoms with Crippen molar-refractivity contribution in [2.75, 3.05) is 0 Å². The standard InChI is InChI=1S/C22H20O3/c1-16-7-11-19(12-8-16)25-20-13-9-17(10-14-20)15-21(22(23)24)18-5-3-2-4-6-18/h2-14,21H,15H2,1H3,(H,23,24). The highest BCUT2D eigenvalue weighted by molar-refractivity contribution is 5.76. The Hall–Kier alpha value is -3.07. The molecule has 0 saturated carbocycles. The average Bonchev–Trinajstić information content (AvgIpc) is 2.63. The number of carbonyl (C=O) groups is 1. The molecule has 0 heterocycles. The second-order valence-corrected chi connectivity index (χ2v) is 6.06. The van der Waals surface area contributed by atoms with E-state index in [1.807, 2.05) is 85.8 Å². The fourth-order valence-electron chi connectivity index (χ4n) is 2.70. The Bertz CT molecular complexity index is 821. The van der Waals surface area contributed by atoms with Gasteiger partial charge in [-0.2, -0.15) is 0 Å². The maximum absolute atomic E-state index is 11.6. The molecule has 0 amide bonds. The van der Waals surface area contributed by atoms with Gasteiger partial charge >= 0.3 is 5.97 Å². The van der Waals surface area contributed by atoms with E-state index in [4.69, 9.17) is 4.74 Å². The zero-order valence-corrected chi connectivity index (χ0v) is 14.1. The van der Waals surface area contributed by atoms with Crippen molar-refractivity contribution in [3.63, 3.8) is 0 Å². The lowest BCUT2D eigenvalue weighted by atomic mass is 9.92. The number of carboxylic acid groups (broad SMARTS) is 1. The van der Waals surface area contributed by atoms with E-state index >= 15 is 0 Å². The molecule has 0 bridgehead atoms. The van der Waals surface area contributed by atoms with Gasteiger partial charge in [-0.25, -0.2) is 0 Å². The van der Waals surface area contributed by atoms with Crippen LogP contribution in [0.25, 0.3) is 0 Å². The van der Waals surface area contributed by atoms with E-state index < -0.39 is 11.9 Å². The molecule has 3 nitrogen and oxygen atoms in total. The summed E-state index contributed by atoms with van der Waals surface area (Å²) in [6.07, 6.45) is 0.449. The number of ether oxygens (including phenoxy) is 1. The topological polar surface area (TPSA) is 46.5 Å². The largest absolute Gasteiger partial charge is 0.481 e. The Balaban J connectivity index is 1.71. The minimum absolute atomic E-state index is 0.449. The zero-order valence-electron chi connectivity index (χ0n) is 14.1. The van der Waals surface area contributed by atoms with Gasteiger partial charge in [0.2, 0.25) is 0 Å². The molecule has 0 spiro atoms. The highest BCUT2D eigenvalue weighted by atomic mass is 16.5. The van der Waals surface area contributed by atoms with Crippen molar-refractivity contribution in [3.05, 3.63) is 95.6 Å². The Kier molecular flexibility index (Phi) is 5.14. The summed E-state index contributed by atoms with van der Waals surface area (Å²) in [6, 6.07) is 24.8. The van der Waals surface area contributed by atoms with Gasteiger partial charge in [0.1, 0.15) is 11.5 Å². The molecule has 0 saturated heterocycles. The molecule has 0 fully saturated rings. The van der Waals surface area contributed by atoms with E-state index in [2.05, 4.69) is 0 Å². The van der Waals surface area contributed by atoms with Crippen LogP contribution in [0.1, 0.15) is 22.6 Å². The van der Waals surface area contributed by atoms with E-state index in [0.717, 1.165) is 22.6 Å². The minimum Gasteiger partial charge on any atom is -0.481 e. The molecule has 126 valence electrons. The van der Waals surface area contributed by atoms with Gasteiger partial charge < -0.3 is 9.84 Å². The fourth-order valence-corrected chi connectivity index (χ4v) is 2.70. The van der Waals surface area contributed by atoms with Crippen LogP contribution in [0.5, 0.6) is 11.5 Å². The number of aliphatic carboxylic acids is 1. The summed E-state index contributed by atoms with van der Waals surface area (Å²) < 4.78 is 5.81. The van der Waals surface area contributed by atoms with Gasteiger partial charge in [-0.3, -0.25) is 4.79 Å². The van der Waals surface area contributed by atoms with E-state index in [9.17, 15) is 9.90 Å². The highest BCUT2D eigenvalue weighted by Crippen LogP contribution is 2.25. The summed E-state index contributed by atoms with van der Waals surface area (Å²) in [6.45, 7) is 2.03. The third-order valence-electron chi connectivity index (χ3n) is 4.12. The molecule has 0 aliphatic rings. The normalized spacial score (nSPS) is 11.7. The predicted octanol–water partition coefficient (Wildman–Crippen LogP) is 5.20. The molecule has 1 atom stereocenters. The van der Waals surface area contributed by atoms with Crippen molar-refractivity contribution in [1.29, 1.82) is 0 Å². The van der Waals surface area contributed by atoms with Gasteiger partial charge in [-0.05, 0) is 48.7 Å². The maximum atomic E-state index is 11.6. The first kappa shape index (κ1) is 16.8. The third-order valence-corrected chi connectivity index (χ3v) is 4.12. The molecular formula is C22H20O3. The van der Waals surface area contributed by atoms with Crippen molar-refractivity contribution >= 4 is 5.97 Å². The lowest BCUT2D eigenvalue weighted by Crippen LogP contribution is -2.14. The third kappa shape index (κ3) is 4.48. The Morgan fingerprint density at radius 3 is 2.00 bits per heavy atom. The van der Waals surface area contributed by atoms with Crippen LogP contribution in [-0.2, 0) is 11.2 Å².